The van der Waals surface area contributed by atoms with Crippen LogP contribution in [0.25, 0.3) is 0 Å². The van der Waals surface area contributed by atoms with Crippen molar-refractivity contribution in [3.63, 3.8) is 0 Å². The summed E-state index contributed by atoms with van der Waals surface area (Å²) in [7, 11) is 0. The molecule has 0 aliphatic carbocycles. The Morgan fingerprint density at radius 3 is 1.75 bits per heavy atom. The second-order valence-electron chi connectivity index (χ2n) is 4.69. The van der Waals surface area contributed by atoms with Crippen molar-refractivity contribution in [3.8, 4) is 5.75 Å². The first-order chi connectivity index (χ1) is 10.6. The first-order valence-corrected chi connectivity index (χ1v) is 6.60. The SMILES string of the molecule is N[C@@H](CCC(=O)O)C(=O)O.N[C@@H](Cc1ccc(O)cc1)C(=O)O.[Na+]. The van der Waals surface area contributed by atoms with E-state index >= 15 is 0 Å². The molecular formula is C14H20N2NaO7+. The molecule has 8 N–H and O–H groups in total. The van der Waals surface area contributed by atoms with Gasteiger partial charge < -0.3 is 31.9 Å². The zero-order valence-corrected chi connectivity index (χ0v) is 15.3. The van der Waals surface area contributed by atoms with Crippen LogP contribution in [0.2, 0.25) is 0 Å². The van der Waals surface area contributed by atoms with Crippen LogP contribution in [0.15, 0.2) is 24.3 Å². The largest absolute Gasteiger partial charge is 1.00 e. The predicted octanol–water partition coefficient (Wildman–Crippen LogP) is -3.39. The summed E-state index contributed by atoms with van der Waals surface area (Å²) in [5, 5.41) is 33.7. The van der Waals surface area contributed by atoms with E-state index in [1.54, 1.807) is 12.1 Å². The molecule has 1 aromatic carbocycles. The molecule has 10 heteroatoms. The summed E-state index contributed by atoms with van der Waals surface area (Å²) in [4.78, 5) is 30.3. The summed E-state index contributed by atoms with van der Waals surface area (Å²) < 4.78 is 0. The number of phenolic OH excluding ortho intramolecular Hbond substituents is 1. The zero-order valence-electron chi connectivity index (χ0n) is 13.3. The number of hydrogen-bond acceptors (Lipinski definition) is 6. The maximum Gasteiger partial charge on any atom is 1.00 e. The number of carbonyl (C=O) groups is 3. The van der Waals surface area contributed by atoms with Crippen LogP contribution in [0.4, 0.5) is 0 Å². The minimum atomic E-state index is -1.17. The number of phenols is 1. The minimum Gasteiger partial charge on any atom is -0.508 e. The first kappa shape index (κ1) is 24.6. The van der Waals surface area contributed by atoms with Crippen molar-refractivity contribution in [2.45, 2.75) is 31.3 Å². The second kappa shape index (κ2) is 12.7. The number of aliphatic carboxylic acids is 3. The molecule has 0 aromatic heterocycles. The van der Waals surface area contributed by atoms with Gasteiger partial charge in [-0.3, -0.25) is 14.4 Å². The molecule has 0 radical (unpaired) electrons. The van der Waals surface area contributed by atoms with Gasteiger partial charge in [-0.25, -0.2) is 0 Å². The average Bonchev–Trinajstić information content (AvgIpc) is 2.47. The van der Waals surface area contributed by atoms with E-state index in [1.165, 1.54) is 12.1 Å². The first-order valence-electron chi connectivity index (χ1n) is 6.60. The van der Waals surface area contributed by atoms with Gasteiger partial charge in [-0.2, -0.15) is 0 Å². The molecule has 0 saturated heterocycles. The Balaban J connectivity index is 0. The van der Waals surface area contributed by atoms with Crippen LogP contribution < -0.4 is 41.0 Å². The van der Waals surface area contributed by atoms with Crippen molar-refractivity contribution in [1.29, 1.82) is 0 Å². The molecule has 24 heavy (non-hydrogen) atoms. The molecule has 0 heterocycles. The number of benzene rings is 1. The van der Waals surface area contributed by atoms with E-state index in [4.69, 9.17) is 31.9 Å². The van der Waals surface area contributed by atoms with Crippen molar-refractivity contribution in [3.05, 3.63) is 29.8 Å². The standard InChI is InChI=1S/C9H11NO3.C5H9NO4.Na/c10-8(9(12)13)5-6-1-3-7(11)4-2-6;6-3(5(9)10)1-2-4(7)8;/h1-4,8,11H,5,10H2,(H,12,13);3H,1-2,6H2,(H,7,8)(H,9,10);/q;;+1/t8-;3-;/m00./s1. The van der Waals surface area contributed by atoms with Crippen LogP contribution in [-0.2, 0) is 20.8 Å². The molecule has 0 saturated carbocycles. The number of carboxylic acids is 3. The normalized spacial score (nSPS) is 11.9. The molecular weight excluding hydrogens is 331 g/mol. The number of nitrogens with two attached hydrogens (primary N) is 2. The van der Waals surface area contributed by atoms with Crippen LogP contribution in [0.3, 0.4) is 0 Å². The maximum atomic E-state index is 10.4. The number of carboxylic acid groups (broad SMARTS) is 3. The van der Waals surface area contributed by atoms with Gasteiger partial charge in [0.2, 0.25) is 0 Å². The van der Waals surface area contributed by atoms with Crippen molar-refractivity contribution in [1.82, 2.24) is 0 Å². The van der Waals surface area contributed by atoms with Crippen LogP contribution in [0, 0.1) is 0 Å². The van der Waals surface area contributed by atoms with Crippen molar-refractivity contribution < 1.29 is 64.4 Å². The second-order valence-corrected chi connectivity index (χ2v) is 4.69. The maximum absolute atomic E-state index is 10.4. The van der Waals surface area contributed by atoms with Gasteiger partial charge >= 0.3 is 47.5 Å². The summed E-state index contributed by atoms with van der Waals surface area (Å²) in [6.07, 6.45) is 0.0494. The zero-order chi connectivity index (χ0) is 18.0. The molecule has 9 nitrogen and oxygen atoms in total. The summed E-state index contributed by atoms with van der Waals surface area (Å²) in [6, 6.07) is 4.37. The molecule has 0 spiro atoms. The molecule has 0 amide bonds. The van der Waals surface area contributed by atoms with E-state index in [9.17, 15) is 14.4 Å². The molecule has 2 atom stereocenters. The molecule has 0 fully saturated rings. The molecule has 0 aliphatic rings. The Labute approximate surface area is 160 Å². The van der Waals surface area contributed by atoms with Gasteiger partial charge in [-0.15, -0.1) is 0 Å². The minimum absolute atomic E-state index is 0. The molecule has 1 aromatic rings. The van der Waals surface area contributed by atoms with E-state index in [0.717, 1.165) is 5.56 Å². The Hall–Kier alpha value is -1.65. The molecule has 0 bridgehead atoms. The third kappa shape index (κ3) is 11.9. The number of hydrogen-bond donors (Lipinski definition) is 6. The summed E-state index contributed by atoms with van der Waals surface area (Å²) >= 11 is 0. The van der Waals surface area contributed by atoms with E-state index in [1.807, 2.05) is 0 Å². The molecule has 1 rings (SSSR count). The molecule has 128 valence electrons. The van der Waals surface area contributed by atoms with Crippen LogP contribution in [0.5, 0.6) is 5.75 Å². The van der Waals surface area contributed by atoms with E-state index in [2.05, 4.69) is 0 Å². The third-order valence-electron chi connectivity index (χ3n) is 2.70. The van der Waals surface area contributed by atoms with Gasteiger partial charge in [0.25, 0.3) is 0 Å². The van der Waals surface area contributed by atoms with Crippen LogP contribution in [-0.4, -0.2) is 50.4 Å². The van der Waals surface area contributed by atoms with E-state index in [-0.39, 0.29) is 54.6 Å². The number of aromatic hydroxyl groups is 1. The predicted molar refractivity (Wildman–Crippen MR) is 79.9 cm³/mol. The van der Waals surface area contributed by atoms with Crippen molar-refractivity contribution >= 4 is 17.9 Å². The number of rotatable bonds is 7. The Morgan fingerprint density at radius 1 is 0.917 bits per heavy atom. The fourth-order valence-electron chi connectivity index (χ4n) is 1.38. The van der Waals surface area contributed by atoms with Crippen molar-refractivity contribution in [2.24, 2.45) is 11.5 Å². The summed E-state index contributed by atoms with van der Waals surface area (Å²) in [6.45, 7) is 0. The summed E-state index contributed by atoms with van der Waals surface area (Å²) in [5.41, 5.74) is 11.1. The monoisotopic (exact) mass is 351 g/mol. The topological polar surface area (TPSA) is 184 Å². The van der Waals surface area contributed by atoms with Gasteiger partial charge in [0, 0.05) is 6.42 Å². The van der Waals surface area contributed by atoms with Crippen molar-refractivity contribution in [2.75, 3.05) is 0 Å². The molecule has 0 aliphatic heterocycles. The fourth-order valence-corrected chi connectivity index (χ4v) is 1.38. The fraction of sp³-hybridized carbons (Fsp3) is 0.357. The van der Waals surface area contributed by atoms with Gasteiger partial charge in [0.1, 0.15) is 17.8 Å². The van der Waals surface area contributed by atoms with Crippen LogP contribution >= 0.6 is 0 Å². The van der Waals surface area contributed by atoms with E-state index in [0.29, 0.717) is 0 Å². The smallest absolute Gasteiger partial charge is 0.508 e. The average molecular weight is 351 g/mol. The Kier molecular flexibility index (Phi) is 13.1. The quantitative estimate of drug-likeness (QED) is 0.273. The van der Waals surface area contributed by atoms with Gasteiger partial charge in [-0.05, 0) is 30.5 Å². The van der Waals surface area contributed by atoms with Crippen LogP contribution in [0.1, 0.15) is 18.4 Å². The summed E-state index contributed by atoms with van der Waals surface area (Å²) in [5.74, 6) is -3.06. The molecule has 0 unspecified atom stereocenters. The van der Waals surface area contributed by atoms with E-state index < -0.39 is 30.0 Å². The van der Waals surface area contributed by atoms with Gasteiger partial charge in [0.15, 0.2) is 0 Å². The third-order valence-corrected chi connectivity index (χ3v) is 2.70. The van der Waals surface area contributed by atoms with Gasteiger partial charge in [-0.1, -0.05) is 12.1 Å². The Morgan fingerprint density at radius 2 is 1.38 bits per heavy atom. The van der Waals surface area contributed by atoms with Gasteiger partial charge in [0.05, 0.1) is 0 Å². The Bertz CT molecular complexity index is 536.